The van der Waals surface area contributed by atoms with Crippen molar-refractivity contribution in [1.29, 1.82) is 0 Å². The summed E-state index contributed by atoms with van der Waals surface area (Å²) in [5.41, 5.74) is 3.90. The van der Waals surface area contributed by atoms with E-state index in [1.807, 2.05) is 18.2 Å². The molecule has 37 heavy (non-hydrogen) atoms. The number of hydrogen-bond donors (Lipinski definition) is 3. The Kier molecular flexibility index (Phi) is 9.14. The molecule has 4 rings (SSSR count). The van der Waals surface area contributed by atoms with Crippen LogP contribution in [0.4, 0.5) is 10.3 Å². The summed E-state index contributed by atoms with van der Waals surface area (Å²) in [5.74, 6) is 0.948. The monoisotopic (exact) mass is 504 g/mol. The van der Waals surface area contributed by atoms with E-state index in [4.69, 9.17) is 0 Å². The molecule has 1 aliphatic rings. The molecule has 0 radical (unpaired) electrons. The molecular weight excluding hydrogens is 467 g/mol. The lowest BCUT2D eigenvalue weighted by Gasteiger charge is -2.16. The van der Waals surface area contributed by atoms with Gasteiger partial charge in [-0.05, 0) is 64.4 Å². The first-order valence-corrected chi connectivity index (χ1v) is 13.0. The van der Waals surface area contributed by atoms with Crippen molar-refractivity contribution in [1.82, 2.24) is 30.4 Å². The van der Waals surface area contributed by atoms with Gasteiger partial charge in [0.2, 0.25) is 5.95 Å². The number of aromatic nitrogens is 4. The van der Waals surface area contributed by atoms with Crippen LogP contribution >= 0.6 is 0 Å². The Balaban J connectivity index is 1.50. The molecule has 0 saturated heterocycles. The van der Waals surface area contributed by atoms with Crippen LogP contribution in [0, 0.1) is 5.82 Å². The first kappa shape index (κ1) is 26.6. The molecule has 1 aromatic carbocycles. The van der Waals surface area contributed by atoms with Gasteiger partial charge >= 0.3 is 0 Å². The lowest BCUT2D eigenvalue weighted by molar-refractivity contribution is 0.359. The maximum atomic E-state index is 15.0. The molecule has 8 nitrogen and oxygen atoms in total. The average Bonchev–Trinajstić information content (AvgIpc) is 3.57. The zero-order valence-corrected chi connectivity index (χ0v) is 22.0. The van der Waals surface area contributed by atoms with Gasteiger partial charge in [0.1, 0.15) is 11.3 Å². The van der Waals surface area contributed by atoms with E-state index in [-0.39, 0.29) is 5.82 Å². The number of allylic oxidation sites excluding steroid dienone is 2. The molecule has 0 aliphatic heterocycles. The Bertz CT molecular complexity index is 1270. The highest BCUT2D eigenvalue weighted by Gasteiger charge is 2.23. The molecule has 0 unspecified atom stereocenters. The molecule has 2 heterocycles. The van der Waals surface area contributed by atoms with Crippen LogP contribution in [0.1, 0.15) is 51.1 Å². The maximum Gasteiger partial charge on any atom is 0.228 e. The Morgan fingerprint density at radius 1 is 1.30 bits per heavy atom. The minimum absolute atomic E-state index is 0.356. The zero-order valence-electron chi connectivity index (χ0n) is 22.0. The SMILES string of the molecule is C=N/C(=C\C=C(/C)CN(C)CCNCC)Nc1nccc(-c2cc(F)c3n[nH]c(C4CCCC4)c3c2)n1. The fraction of sp³-hybridized carbons (Fsp3) is 0.429. The van der Waals surface area contributed by atoms with E-state index >= 15 is 0 Å². The minimum Gasteiger partial charge on any atom is -0.316 e. The number of fused-ring (bicyclic) bond motifs is 1. The van der Waals surface area contributed by atoms with Gasteiger partial charge in [-0.2, -0.15) is 5.10 Å². The van der Waals surface area contributed by atoms with Crippen molar-refractivity contribution >= 4 is 23.6 Å². The van der Waals surface area contributed by atoms with Crippen molar-refractivity contribution in [2.24, 2.45) is 4.99 Å². The van der Waals surface area contributed by atoms with E-state index in [2.05, 4.69) is 68.3 Å². The van der Waals surface area contributed by atoms with Gasteiger partial charge < -0.3 is 15.5 Å². The van der Waals surface area contributed by atoms with E-state index in [9.17, 15) is 4.39 Å². The van der Waals surface area contributed by atoms with Crippen LogP contribution in [-0.2, 0) is 0 Å². The highest BCUT2D eigenvalue weighted by Crippen LogP contribution is 2.38. The van der Waals surface area contributed by atoms with Crippen LogP contribution in [0.25, 0.3) is 22.2 Å². The normalized spacial score (nSPS) is 15.2. The molecule has 1 fully saturated rings. The standard InChI is InChI=1S/C28H37FN8/c1-5-31-14-15-37(4)18-19(2)10-11-25(30-3)34-28-32-13-12-24(33-28)21-16-22-26(20-8-6-7-9-20)35-36-27(22)23(29)17-21/h10-13,16-17,20,31H,3,5-9,14-15,18H2,1-2,4H3,(H,35,36)(H,32,33,34)/b19-10+,25-11+. The Morgan fingerprint density at radius 2 is 2.11 bits per heavy atom. The summed E-state index contributed by atoms with van der Waals surface area (Å²) >= 11 is 0. The number of halogens is 1. The second-order valence-corrected chi connectivity index (χ2v) is 9.68. The molecule has 9 heteroatoms. The number of nitrogens with one attached hydrogen (secondary N) is 3. The van der Waals surface area contributed by atoms with E-state index in [0.717, 1.165) is 50.1 Å². The van der Waals surface area contributed by atoms with Gasteiger partial charge in [-0.25, -0.2) is 19.4 Å². The molecule has 1 aliphatic carbocycles. The van der Waals surface area contributed by atoms with Gasteiger partial charge in [0.05, 0.1) is 5.69 Å². The molecule has 0 amide bonds. The van der Waals surface area contributed by atoms with Crippen molar-refractivity contribution in [3.63, 3.8) is 0 Å². The van der Waals surface area contributed by atoms with Crippen molar-refractivity contribution in [2.75, 3.05) is 38.5 Å². The highest BCUT2D eigenvalue weighted by molar-refractivity contribution is 5.87. The molecule has 3 N–H and O–H groups in total. The summed E-state index contributed by atoms with van der Waals surface area (Å²) in [4.78, 5) is 15.3. The van der Waals surface area contributed by atoms with Gasteiger partial charge in [-0.15, -0.1) is 0 Å². The van der Waals surface area contributed by atoms with E-state index in [1.54, 1.807) is 12.3 Å². The van der Waals surface area contributed by atoms with Crippen molar-refractivity contribution in [2.45, 2.75) is 45.4 Å². The maximum absolute atomic E-state index is 15.0. The van der Waals surface area contributed by atoms with Crippen LogP contribution < -0.4 is 10.6 Å². The van der Waals surface area contributed by atoms with Crippen molar-refractivity contribution in [3.8, 4) is 11.3 Å². The minimum atomic E-state index is -0.356. The van der Waals surface area contributed by atoms with Gasteiger partial charge in [-0.3, -0.25) is 5.10 Å². The summed E-state index contributed by atoms with van der Waals surface area (Å²) in [6.45, 7) is 11.6. The molecular formula is C28H37FN8. The summed E-state index contributed by atoms with van der Waals surface area (Å²) in [6.07, 6.45) is 10.1. The summed E-state index contributed by atoms with van der Waals surface area (Å²) in [5, 5.41) is 14.6. The van der Waals surface area contributed by atoms with Gasteiger partial charge in [0.25, 0.3) is 0 Å². The predicted molar refractivity (Wildman–Crippen MR) is 149 cm³/mol. The number of rotatable bonds is 12. The molecule has 0 bridgehead atoms. The first-order valence-electron chi connectivity index (χ1n) is 13.0. The second-order valence-electron chi connectivity index (χ2n) is 9.68. The number of anilines is 1. The molecule has 1 saturated carbocycles. The second kappa shape index (κ2) is 12.7. The number of H-pyrrole nitrogens is 1. The summed E-state index contributed by atoms with van der Waals surface area (Å²) in [6, 6.07) is 5.23. The molecule has 3 aromatic rings. The highest BCUT2D eigenvalue weighted by atomic mass is 19.1. The van der Waals surface area contributed by atoms with Crippen LogP contribution in [0.15, 0.2) is 52.9 Å². The Morgan fingerprint density at radius 3 is 2.86 bits per heavy atom. The van der Waals surface area contributed by atoms with Crippen LogP contribution in [0.5, 0.6) is 0 Å². The third-order valence-corrected chi connectivity index (χ3v) is 6.73. The van der Waals surface area contributed by atoms with Crippen LogP contribution in [0.3, 0.4) is 0 Å². The molecule has 0 spiro atoms. The first-order chi connectivity index (χ1) is 18.0. The van der Waals surface area contributed by atoms with Crippen LogP contribution in [-0.4, -0.2) is 65.0 Å². The fourth-order valence-corrected chi connectivity index (χ4v) is 4.82. The number of aliphatic imine (C=N–C) groups is 1. The van der Waals surface area contributed by atoms with E-state index in [1.165, 1.54) is 24.5 Å². The summed E-state index contributed by atoms with van der Waals surface area (Å²) < 4.78 is 15.0. The summed E-state index contributed by atoms with van der Waals surface area (Å²) in [7, 11) is 2.10. The Labute approximate surface area is 218 Å². The largest absolute Gasteiger partial charge is 0.316 e. The van der Waals surface area contributed by atoms with Gasteiger partial charge in [0.15, 0.2) is 5.82 Å². The average molecular weight is 505 g/mol. The fourth-order valence-electron chi connectivity index (χ4n) is 4.82. The third kappa shape index (κ3) is 6.87. The number of hydrogen-bond acceptors (Lipinski definition) is 7. The lowest BCUT2D eigenvalue weighted by atomic mass is 9.98. The number of benzene rings is 1. The Hall–Kier alpha value is -3.43. The van der Waals surface area contributed by atoms with Gasteiger partial charge in [0, 0.05) is 48.4 Å². The smallest absolute Gasteiger partial charge is 0.228 e. The quantitative estimate of drug-likeness (QED) is 0.177. The number of likely N-dealkylation sites (N-methyl/N-ethyl adjacent to an activating group) is 2. The van der Waals surface area contributed by atoms with E-state index < -0.39 is 0 Å². The van der Waals surface area contributed by atoms with Crippen molar-refractivity contribution in [3.05, 3.63) is 59.5 Å². The molecule has 2 aromatic heterocycles. The van der Waals surface area contributed by atoms with Crippen molar-refractivity contribution < 1.29 is 4.39 Å². The van der Waals surface area contributed by atoms with Crippen LogP contribution in [0.2, 0.25) is 0 Å². The number of nitrogens with zero attached hydrogens (tertiary/aromatic N) is 5. The zero-order chi connectivity index (χ0) is 26.2. The molecule has 0 atom stereocenters. The third-order valence-electron chi connectivity index (χ3n) is 6.73. The lowest BCUT2D eigenvalue weighted by Crippen LogP contribution is -2.30. The number of aromatic amines is 1. The molecule has 196 valence electrons. The topological polar surface area (TPSA) is 94.1 Å². The van der Waals surface area contributed by atoms with E-state index in [0.29, 0.717) is 34.5 Å². The predicted octanol–water partition coefficient (Wildman–Crippen LogP) is 5.26. The van der Waals surface area contributed by atoms with Gasteiger partial charge in [-0.1, -0.05) is 31.4 Å².